The predicted octanol–water partition coefficient (Wildman–Crippen LogP) is 4.64. The number of aryl methyl sites for hydroxylation is 1. The third-order valence-corrected chi connectivity index (χ3v) is 9.03. The zero-order valence-corrected chi connectivity index (χ0v) is 27.2. The second-order valence-corrected chi connectivity index (χ2v) is 12.5. The number of rotatable bonds is 11. The number of hydrogen-bond acceptors (Lipinski definition) is 8. The number of nitrogens with zero attached hydrogens (tertiary/aromatic N) is 1. The van der Waals surface area contributed by atoms with Gasteiger partial charge in [-0.25, -0.2) is 0 Å². The summed E-state index contributed by atoms with van der Waals surface area (Å²) in [6, 6.07) is 23.6. The first-order valence-electron chi connectivity index (χ1n) is 16.4. The molecule has 2 N–H and O–H groups in total. The molecule has 0 aromatic heterocycles. The van der Waals surface area contributed by atoms with Gasteiger partial charge in [0.2, 0.25) is 11.8 Å². The molecule has 1 atom stereocenters. The maximum absolute atomic E-state index is 13.2. The highest BCUT2D eigenvalue weighted by molar-refractivity contribution is 6.24. The molecule has 0 radical (unpaired) electrons. The average molecular weight is 672 g/mol. The fourth-order valence-electron chi connectivity index (χ4n) is 6.16. The van der Waals surface area contributed by atoms with E-state index in [1.165, 1.54) is 6.07 Å². The van der Waals surface area contributed by atoms with Gasteiger partial charge in [0.15, 0.2) is 5.78 Å². The van der Waals surface area contributed by atoms with Crippen LogP contribution in [0.4, 0.5) is 0 Å². The molecule has 1 saturated carbocycles. The summed E-state index contributed by atoms with van der Waals surface area (Å²) in [5.41, 5.74) is 4.69. The van der Waals surface area contributed by atoms with E-state index in [9.17, 15) is 28.8 Å². The zero-order valence-electron chi connectivity index (χ0n) is 27.2. The van der Waals surface area contributed by atoms with Crippen LogP contribution >= 0.6 is 0 Å². The Morgan fingerprint density at radius 1 is 0.780 bits per heavy atom. The summed E-state index contributed by atoms with van der Waals surface area (Å²) in [6.45, 7) is 2.15. The van der Waals surface area contributed by atoms with E-state index in [0.717, 1.165) is 34.4 Å². The lowest BCUT2D eigenvalue weighted by Gasteiger charge is -2.27. The normalized spacial score (nSPS) is 16.9. The quantitative estimate of drug-likeness (QED) is 0.133. The third-order valence-electron chi connectivity index (χ3n) is 9.03. The maximum atomic E-state index is 13.2. The number of fused-ring (bicyclic) bond motifs is 1. The van der Waals surface area contributed by atoms with Crippen molar-refractivity contribution in [2.24, 2.45) is 0 Å². The van der Waals surface area contributed by atoms with Gasteiger partial charge in [-0.05, 0) is 91.4 Å². The lowest BCUT2D eigenvalue weighted by molar-refractivity contribution is -0.136. The molecule has 5 amide bonds. The number of piperidine rings is 1. The van der Waals surface area contributed by atoms with Crippen molar-refractivity contribution in [1.82, 2.24) is 15.5 Å². The van der Waals surface area contributed by atoms with Crippen LogP contribution in [0.15, 0.2) is 84.9 Å². The van der Waals surface area contributed by atoms with E-state index in [4.69, 9.17) is 9.47 Å². The van der Waals surface area contributed by atoms with E-state index in [-0.39, 0.29) is 60.7 Å². The summed E-state index contributed by atoms with van der Waals surface area (Å²) in [6.07, 6.45) is 2.14. The van der Waals surface area contributed by atoms with Gasteiger partial charge in [-0.1, -0.05) is 36.4 Å². The van der Waals surface area contributed by atoms with Crippen LogP contribution in [0.1, 0.15) is 78.2 Å². The number of ether oxygens (including phenoxy) is 2. The summed E-state index contributed by atoms with van der Waals surface area (Å²) in [5.74, 6) is -1.91. The molecule has 1 unspecified atom stereocenters. The van der Waals surface area contributed by atoms with Crippen LogP contribution in [-0.4, -0.2) is 65.5 Å². The van der Waals surface area contributed by atoms with Crippen LogP contribution in [0.2, 0.25) is 0 Å². The number of amides is 5. The molecule has 3 aliphatic rings. The first-order valence-corrected chi connectivity index (χ1v) is 16.4. The Kier molecular flexibility index (Phi) is 8.71. The molecule has 1 aliphatic carbocycles. The van der Waals surface area contributed by atoms with Crippen LogP contribution in [0.25, 0.3) is 11.1 Å². The van der Waals surface area contributed by atoms with Crippen LogP contribution in [0.5, 0.6) is 11.5 Å². The Labute approximate surface area is 287 Å². The summed E-state index contributed by atoms with van der Waals surface area (Å²) >= 11 is 0. The summed E-state index contributed by atoms with van der Waals surface area (Å²) in [4.78, 5) is 76.9. The van der Waals surface area contributed by atoms with Crippen molar-refractivity contribution in [3.05, 3.63) is 118 Å². The fourth-order valence-corrected chi connectivity index (χ4v) is 6.16. The molecule has 7 rings (SSSR count). The number of hydrogen-bond donors (Lipinski definition) is 2. The standard InChI is InChI=1S/C39H33N3O8/c1-22-5-6-26(36(45)40-27-13-14-27)21-30(22)23-7-9-24(10-8-23)35(44)25-11-15-28(16-12-25)49-19-20-50-32-4-2-3-29-34(32)39(48)42(38(29)47)31-17-18-33(43)41-37(31)46/h2-12,15-16,21,27,31H,13-14,17-20H2,1H3,(H,40,45)(H,41,43,46). The molecule has 252 valence electrons. The van der Waals surface area contributed by atoms with Gasteiger partial charge in [-0.2, -0.15) is 0 Å². The van der Waals surface area contributed by atoms with Gasteiger partial charge in [0.05, 0.1) is 11.1 Å². The predicted molar refractivity (Wildman–Crippen MR) is 181 cm³/mol. The number of ketones is 1. The van der Waals surface area contributed by atoms with Crippen molar-refractivity contribution >= 4 is 35.3 Å². The topological polar surface area (TPSA) is 148 Å². The molecule has 4 aromatic carbocycles. The molecule has 0 spiro atoms. The van der Waals surface area contributed by atoms with E-state index in [1.807, 2.05) is 37.3 Å². The Balaban J connectivity index is 0.940. The summed E-state index contributed by atoms with van der Waals surface area (Å²) in [7, 11) is 0. The van der Waals surface area contributed by atoms with Crippen molar-refractivity contribution in [2.75, 3.05) is 13.2 Å². The minimum atomic E-state index is -1.07. The van der Waals surface area contributed by atoms with Crippen LogP contribution < -0.4 is 20.1 Å². The fraction of sp³-hybridized carbons (Fsp3) is 0.231. The van der Waals surface area contributed by atoms with E-state index in [1.54, 1.807) is 48.5 Å². The summed E-state index contributed by atoms with van der Waals surface area (Å²) < 4.78 is 11.6. The van der Waals surface area contributed by atoms with E-state index >= 15 is 0 Å². The second-order valence-electron chi connectivity index (χ2n) is 12.5. The second kappa shape index (κ2) is 13.4. The highest BCUT2D eigenvalue weighted by atomic mass is 16.5. The van der Waals surface area contributed by atoms with Crippen LogP contribution in [0, 0.1) is 6.92 Å². The summed E-state index contributed by atoms with van der Waals surface area (Å²) in [5, 5.41) is 5.20. The lowest BCUT2D eigenvalue weighted by atomic mass is 9.95. The van der Waals surface area contributed by atoms with Crippen LogP contribution in [-0.2, 0) is 9.59 Å². The highest BCUT2D eigenvalue weighted by Crippen LogP contribution is 2.34. The first kappa shape index (κ1) is 32.4. The van der Waals surface area contributed by atoms with E-state index < -0.39 is 29.7 Å². The van der Waals surface area contributed by atoms with Gasteiger partial charge < -0.3 is 14.8 Å². The molecule has 2 fully saturated rings. The highest BCUT2D eigenvalue weighted by Gasteiger charge is 2.46. The molecule has 11 heteroatoms. The van der Waals surface area contributed by atoms with Crippen molar-refractivity contribution in [3.8, 4) is 22.6 Å². The van der Waals surface area contributed by atoms with Gasteiger partial charge in [0.1, 0.15) is 30.8 Å². The molecular formula is C39H33N3O8. The number of carbonyl (C=O) groups excluding carboxylic acids is 6. The van der Waals surface area contributed by atoms with Crippen molar-refractivity contribution in [2.45, 2.75) is 44.7 Å². The number of carbonyl (C=O) groups is 6. The number of benzene rings is 4. The van der Waals surface area contributed by atoms with E-state index in [0.29, 0.717) is 22.4 Å². The molecule has 1 saturated heterocycles. The largest absolute Gasteiger partial charge is 0.490 e. The van der Waals surface area contributed by atoms with E-state index in [2.05, 4.69) is 10.6 Å². The Morgan fingerprint density at radius 2 is 1.46 bits per heavy atom. The SMILES string of the molecule is Cc1ccc(C(=O)NC2CC2)cc1-c1ccc(C(=O)c2ccc(OCCOc3cccc4c3C(=O)N(C3CCC(=O)NC3=O)C4=O)cc2)cc1. The average Bonchev–Trinajstić information content (AvgIpc) is 3.90. The molecular weight excluding hydrogens is 638 g/mol. The molecule has 50 heavy (non-hydrogen) atoms. The van der Waals surface area contributed by atoms with Gasteiger partial charge >= 0.3 is 0 Å². The Hall–Kier alpha value is -6.10. The third kappa shape index (κ3) is 6.49. The van der Waals surface area contributed by atoms with Crippen molar-refractivity contribution < 1.29 is 38.2 Å². The van der Waals surface area contributed by atoms with Gasteiger partial charge in [-0.15, -0.1) is 0 Å². The zero-order chi connectivity index (χ0) is 34.9. The Bertz CT molecular complexity index is 2050. The molecule has 2 aliphatic heterocycles. The van der Waals surface area contributed by atoms with Crippen molar-refractivity contribution in [1.29, 1.82) is 0 Å². The van der Waals surface area contributed by atoms with Crippen LogP contribution in [0.3, 0.4) is 0 Å². The molecule has 4 aromatic rings. The number of nitrogens with one attached hydrogen (secondary N) is 2. The number of imide groups is 2. The van der Waals surface area contributed by atoms with Crippen molar-refractivity contribution in [3.63, 3.8) is 0 Å². The molecule has 2 heterocycles. The van der Waals surface area contributed by atoms with Gasteiger partial charge in [-0.3, -0.25) is 39.0 Å². The smallest absolute Gasteiger partial charge is 0.266 e. The van der Waals surface area contributed by atoms with Gasteiger partial charge in [0.25, 0.3) is 17.7 Å². The van der Waals surface area contributed by atoms with Gasteiger partial charge in [0, 0.05) is 29.2 Å². The minimum Gasteiger partial charge on any atom is -0.490 e. The first-order chi connectivity index (χ1) is 24.2. The minimum absolute atomic E-state index is 0.0331. The molecule has 0 bridgehead atoms. The monoisotopic (exact) mass is 671 g/mol. The molecule has 11 nitrogen and oxygen atoms in total. The maximum Gasteiger partial charge on any atom is 0.266 e. The Morgan fingerprint density at radius 3 is 2.16 bits per heavy atom. The lowest BCUT2D eigenvalue weighted by Crippen LogP contribution is -2.54.